The highest BCUT2D eigenvalue weighted by molar-refractivity contribution is 9.11. The van der Waals surface area contributed by atoms with Crippen LogP contribution in [0.25, 0.3) is 16.4 Å². The standard InChI is InChI=1S/C15H11BrN8O2S2/c1-7(8-4-5-10(16)28-8)18-20-15(25)11-12(9-3-2-6-27-9)24(23-19-11)14-13(17)21-26-22-14/h2-6H,1H3,(H2,17,21)(H,20,25)/b18-7+. The molecule has 0 unspecified atom stereocenters. The summed E-state index contributed by atoms with van der Waals surface area (Å²) in [7, 11) is 0. The van der Waals surface area contributed by atoms with Crippen molar-refractivity contribution in [3.8, 4) is 16.4 Å². The van der Waals surface area contributed by atoms with E-state index in [0.29, 0.717) is 11.4 Å². The molecular formula is C15H11BrN8O2S2. The Hall–Kier alpha value is -2.90. The molecule has 0 aliphatic heterocycles. The van der Waals surface area contributed by atoms with Crippen molar-refractivity contribution in [2.75, 3.05) is 5.73 Å². The van der Waals surface area contributed by atoms with E-state index in [4.69, 9.17) is 5.73 Å². The Morgan fingerprint density at radius 3 is 2.86 bits per heavy atom. The van der Waals surface area contributed by atoms with Gasteiger partial charge in [-0.1, -0.05) is 11.3 Å². The highest BCUT2D eigenvalue weighted by Crippen LogP contribution is 2.30. The zero-order valence-corrected chi connectivity index (χ0v) is 17.4. The van der Waals surface area contributed by atoms with Gasteiger partial charge in [0.1, 0.15) is 5.69 Å². The second-order valence-electron chi connectivity index (χ2n) is 5.39. The SMILES string of the molecule is C/C(=N\NC(=O)c1nnn(-c2nonc2N)c1-c1cccs1)c1ccc(Br)s1. The van der Waals surface area contributed by atoms with Gasteiger partial charge in [0.05, 0.1) is 19.3 Å². The smallest absolute Gasteiger partial charge is 0.294 e. The van der Waals surface area contributed by atoms with E-state index in [2.05, 4.69) is 51.7 Å². The number of amides is 1. The van der Waals surface area contributed by atoms with Gasteiger partial charge in [0.2, 0.25) is 11.6 Å². The normalized spacial score (nSPS) is 11.7. The lowest BCUT2D eigenvalue weighted by Crippen LogP contribution is -2.20. The molecule has 4 aromatic rings. The fourth-order valence-electron chi connectivity index (χ4n) is 2.31. The van der Waals surface area contributed by atoms with Crippen LogP contribution in [-0.4, -0.2) is 36.9 Å². The molecule has 0 fully saturated rings. The summed E-state index contributed by atoms with van der Waals surface area (Å²) in [5, 5.41) is 21.3. The van der Waals surface area contributed by atoms with E-state index in [0.717, 1.165) is 13.5 Å². The van der Waals surface area contributed by atoms with Crippen molar-refractivity contribution < 1.29 is 9.42 Å². The highest BCUT2D eigenvalue weighted by Gasteiger charge is 2.25. The minimum Gasteiger partial charge on any atom is -0.378 e. The van der Waals surface area contributed by atoms with Crippen LogP contribution in [0, 0.1) is 0 Å². The maximum Gasteiger partial charge on any atom is 0.294 e. The van der Waals surface area contributed by atoms with Gasteiger partial charge in [-0.05, 0) is 56.7 Å². The number of nitrogen functional groups attached to an aromatic ring is 1. The first kappa shape index (κ1) is 18.5. The van der Waals surface area contributed by atoms with E-state index < -0.39 is 5.91 Å². The van der Waals surface area contributed by atoms with Crippen LogP contribution in [0.15, 0.2) is 43.2 Å². The Bertz CT molecular complexity index is 1160. The minimum absolute atomic E-state index is 0.0341. The van der Waals surface area contributed by atoms with E-state index in [1.807, 2.05) is 29.6 Å². The molecule has 0 atom stereocenters. The Balaban J connectivity index is 1.69. The summed E-state index contributed by atoms with van der Waals surface area (Å²) in [6.45, 7) is 1.80. The fraction of sp³-hybridized carbons (Fsp3) is 0.0667. The van der Waals surface area contributed by atoms with Crippen molar-refractivity contribution >= 4 is 56.0 Å². The number of aromatic nitrogens is 5. The van der Waals surface area contributed by atoms with Crippen LogP contribution in [0.5, 0.6) is 0 Å². The van der Waals surface area contributed by atoms with Crippen LogP contribution < -0.4 is 11.2 Å². The van der Waals surface area contributed by atoms with Crippen LogP contribution >= 0.6 is 38.6 Å². The number of carbonyl (C=O) groups excluding carboxylic acids is 1. The van der Waals surface area contributed by atoms with Gasteiger partial charge in [-0.25, -0.2) is 10.1 Å². The third-order valence-electron chi connectivity index (χ3n) is 3.59. The first-order valence-electron chi connectivity index (χ1n) is 7.73. The predicted octanol–water partition coefficient (Wildman–Crippen LogP) is 2.94. The number of anilines is 1. The summed E-state index contributed by atoms with van der Waals surface area (Å²) in [4.78, 5) is 14.4. The van der Waals surface area contributed by atoms with Gasteiger partial charge in [-0.15, -0.1) is 27.8 Å². The number of carbonyl (C=O) groups is 1. The van der Waals surface area contributed by atoms with E-state index >= 15 is 0 Å². The topological polar surface area (TPSA) is 137 Å². The maximum atomic E-state index is 12.7. The van der Waals surface area contributed by atoms with Crippen LogP contribution in [0.1, 0.15) is 22.3 Å². The molecule has 4 rings (SSSR count). The zero-order valence-electron chi connectivity index (χ0n) is 14.2. The Morgan fingerprint density at radius 2 is 2.21 bits per heavy atom. The molecule has 0 saturated carbocycles. The Labute approximate surface area is 174 Å². The minimum atomic E-state index is -0.514. The molecule has 1 amide bonds. The summed E-state index contributed by atoms with van der Waals surface area (Å²) in [6.07, 6.45) is 0. The Kier molecular flexibility index (Phi) is 5.02. The van der Waals surface area contributed by atoms with Gasteiger partial charge in [-0.3, -0.25) is 4.79 Å². The van der Waals surface area contributed by atoms with Gasteiger partial charge in [-0.2, -0.15) is 9.78 Å². The Morgan fingerprint density at radius 1 is 1.36 bits per heavy atom. The lowest BCUT2D eigenvalue weighted by Gasteiger charge is -2.03. The third-order valence-corrected chi connectivity index (χ3v) is 6.20. The molecule has 28 heavy (non-hydrogen) atoms. The molecule has 0 spiro atoms. The largest absolute Gasteiger partial charge is 0.378 e. The summed E-state index contributed by atoms with van der Waals surface area (Å²) < 4.78 is 6.93. The van der Waals surface area contributed by atoms with Crippen molar-refractivity contribution in [1.82, 2.24) is 30.7 Å². The second-order valence-corrected chi connectivity index (χ2v) is 8.80. The zero-order chi connectivity index (χ0) is 19.7. The molecule has 4 aromatic heterocycles. The number of thiophene rings is 2. The lowest BCUT2D eigenvalue weighted by atomic mass is 10.2. The molecule has 13 heteroatoms. The van der Waals surface area contributed by atoms with Gasteiger partial charge in [0.25, 0.3) is 5.91 Å². The average molecular weight is 479 g/mol. The van der Waals surface area contributed by atoms with Crippen molar-refractivity contribution in [2.45, 2.75) is 6.92 Å². The first-order valence-corrected chi connectivity index (χ1v) is 10.2. The molecule has 0 aliphatic rings. The summed E-state index contributed by atoms with van der Waals surface area (Å²) in [6, 6.07) is 7.50. The monoisotopic (exact) mass is 478 g/mol. The van der Waals surface area contributed by atoms with Crippen LogP contribution in [0.2, 0.25) is 0 Å². The van der Waals surface area contributed by atoms with E-state index in [-0.39, 0.29) is 17.3 Å². The number of nitrogens with one attached hydrogen (secondary N) is 1. The van der Waals surface area contributed by atoms with Crippen LogP contribution in [0.3, 0.4) is 0 Å². The number of rotatable bonds is 5. The van der Waals surface area contributed by atoms with Crippen molar-refractivity contribution in [3.05, 3.63) is 44.0 Å². The van der Waals surface area contributed by atoms with Gasteiger partial charge < -0.3 is 5.73 Å². The number of hydrogen-bond acceptors (Lipinski definition) is 10. The van der Waals surface area contributed by atoms with Crippen molar-refractivity contribution in [2.24, 2.45) is 5.10 Å². The number of halogens is 1. The quantitative estimate of drug-likeness (QED) is 0.332. The third kappa shape index (κ3) is 3.46. The average Bonchev–Trinajstić information content (AvgIpc) is 3.44. The van der Waals surface area contributed by atoms with Crippen molar-refractivity contribution in [1.29, 1.82) is 0 Å². The molecule has 3 N–H and O–H groups in total. The molecule has 0 saturated heterocycles. The van der Waals surface area contributed by atoms with E-state index in [1.165, 1.54) is 27.4 Å². The number of hydrogen-bond donors (Lipinski definition) is 2. The molecule has 10 nitrogen and oxygen atoms in total. The molecule has 0 bridgehead atoms. The molecular weight excluding hydrogens is 468 g/mol. The van der Waals surface area contributed by atoms with E-state index in [1.54, 1.807) is 6.92 Å². The second kappa shape index (κ2) is 7.61. The molecule has 0 aliphatic carbocycles. The molecule has 4 heterocycles. The molecule has 0 radical (unpaired) electrons. The fourth-order valence-corrected chi connectivity index (χ4v) is 4.39. The van der Waals surface area contributed by atoms with Crippen molar-refractivity contribution in [3.63, 3.8) is 0 Å². The summed E-state index contributed by atoms with van der Waals surface area (Å²) in [5.74, 6) is -0.329. The van der Waals surface area contributed by atoms with Gasteiger partial charge in [0, 0.05) is 0 Å². The lowest BCUT2D eigenvalue weighted by molar-refractivity contribution is 0.0950. The molecule has 142 valence electrons. The summed E-state index contributed by atoms with van der Waals surface area (Å²) in [5.41, 5.74) is 9.45. The van der Waals surface area contributed by atoms with Crippen LogP contribution in [0.4, 0.5) is 5.82 Å². The number of nitrogens with two attached hydrogens (primary N) is 1. The molecule has 0 aromatic carbocycles. The number of nitrogens with zero attached hydrogens (tertiary/aromatic N) is 6. The maximum absolute atomic E-state index is 12.7. The van der Waals surface area contributed by atoms with Gasteiger partial charge in [0.15, 0.2) is 5.69 Å². The van der Waals surface area contributed by atoms with E-state index in [9.17, 15) is 4.79 Å². The predicted molar refractivity (Wildman–Crippen MR) is 109 cm³/mol. The summed E-state index contributed by atoms with van der Waals surface area (Å²) >= 11 is 6.33. The van der Waals surface area contributed by atoms with Crippen LogP contribution in [-0.2, 0) is 0 Å². The van der Waals surface area contributed by atoms with Gasteiger partial charge >= 0.3 is 0 Å². The number of hydrazone groups is 1. The first-order chi connectivity index (χ1) is 13.5. The highest BCUT2D eigenvalue weighted by atomic mass is 79.9.